The van der Waals surface area contributed by atoms with Crippen LogP contribution in [-0.2, 0) is 0 Å². The zero-order chi connectivity index (χ0) is 7.23. The second kappa shape index (κ2) is 3.94. The van der Waals surface area contributed by atoms with Crippen molar-refractivity contribution < 1.29 is 0 Å². The van der Waals surface area contributed by atoms with Crippen LogP contribution in [0.4, 0.5) is 0 Å². The summed E-state index contributed by atoms with van der Waals surface area (Å²) in [4.78, 5) is 0. The number of nitriles is 1. The van der Waals surface area contributed by atoms with Crippen LogP contribution in [0.1, 0.15) is 25.7 Å². The lowest BCUT2D eigenvalue weighted by atomic mass is 10.3. The molecule has 54 valence electrons. The van der Waals surface area contributed by atoms with Gasteiger partial charge in [-0.3, -0.25) is 0 Å². The summed E-state index contributed by atoms with van der Waals surface area (Å²) in [6, 6.07) is 2.58. The number of nitrogens with one attached hydrogen (secondary N) is 1. The van der Waals surface area contributed by atoms with E-state index < -0.39 is 0 Å². The van der Waals surface area contributed by atoms with E-state index in [0.717, 1.165) is 0 Å². The minimum atomic E-state index is 0.629. The summed E-state index contributed by atoms with van der Waals surface area (Å²) < 4.78 is 0. The van der Waals surface area contributed by atoms with E-state index in [9.17, 15) is 0 Å². The van der Waals surface area contributed by atoms with E-state index in [-0.39, 0.29) is 0 Å². The Balaban J connectivity index is 2.13. The number of hydrogen-bond acceptors (Lipinski definition) is 2. The minimum absolute atomic E-state index is 0.629. The van der Waals surface area contributed by atoms with Crippen molar-refractivity contribution in [3.8, 4) is 6.07 Å². The fourth-order valence-electron chi connectivity index (χ4n) is 1.31. The van der Waals surface area contributed by atoms with Gasteiger partial charge in [0, 0.05) is 18.3 Å². The van der Waals surface area contributed by atoms with Crippen molar-refractivity contribution in [1.82, 2.24) is 5.32 Å². The molecule has 0 aliphatic heterocycles. The van der Waals surface area contributed by atoms with Gasteiger partial charge in [0.1, 0.15) is 0 Å². The average molecular weight is 136 g/mol. The van der Waals surface area contributed by atoms with Crippen molar-refractivity contribution in [2.45, 2.75) is 31.7 Å². The Morgan fingerprint density at radius 2 is 2.10 bits per heavy atom. The summed E-state index contributed by atoms with van der Waals surface area (Å²) in [7, 11) is 0. The third-order valence-electron chi connectivity index (χ3n) is 1.84. The van der Waals surface area contributed by atoms with Crippen LogP contribution in [0.25, 0.3) is 0 Å². The van der Waals surface area contributed by atoms with E-state index in [1.54, 1.807) is 6.20 Å². The Morgan fingerprint density at radius 1 is 1.40 bits per heavy atom. The number of allylic oxidation sites excluding steroid dienone is 1. The molecule has 0 bridgehead atoms. The van der Waals surface area contributed by atoms with E-state index in [2.05, 4.69) is 5.32 Å². The molecule has 1 rings (SSSR count). The quantitative estimate of drug-likeness (QED) is 0.585. The zero-order valence-corrected chi connectivity index (χ0v) is 6.01. The molecule has 10 heavy (non-hydrogen) atoms. The summed E-state index contributed by atoms with van der Waals surface area (Å²) >= 11 is 0. The lowest BCUT2D eigenvalue weighted by Gasteiger charge is -2.06. The Morgan fingerprint density at radius 3 is 2.70 bits per heavy atom. The lowest BCUT2D eigenvalue weighted by Crippen LogP contribution is -2.19. The Bertz CT molecular complexity index is 149. The molecule has 0 atom stereocenters. The second-order valence-electron chi connectivity index (χ2n) is 2.61. The summed E-state index contributed by atoms with van der Waals surface area (Å²) in [6.45, 7) is 0. The Hall–Kier alpha value is -0.970. The first kappa shape index (κ1) is 7.14. The molecule has 1 aliphatic rings. The van der Waals surface area contributed by atoms with Crippen LogP contribution in [0.15, 0.2) is 12.3 Å². The molecule has 2 nitrogen and oxygen atoms in total. The average Bonchev–Trinajstić information content (AvgIpc) is 2.41. The van der Waals surface area contributed by atoms with Crippen molar-refractivity contribution in [3.05, 3.63) is 12.3 Å². The highest BCUT2D eigenvalue weighted by atomic mass is 14.9. The highest BCUT2D eigenvalue weighted by Crippen LogP contribution is 2.17. The molecular weight excluding hydrogens is 124 g/mol. The maximum atomic E-state index is 8.16. The highest BCUT2D eigenvalue weighted by Gasteiger charge is 2.11. The van der Waals surface area contributed by atoms with Gasteiger partial charge in [0.2, 0.25) is 0 Å². The van der Waals surface area contributed by atoms with Crippen LogP contribution in [0.2, 0.25) is 0 Å². The third-order valence-corrected chi connectivity index (χ3v) is 1.84. The van der Waals surface area contributed by atoms with Crippen LogP contribution in [-0.4, -0.2) is 6.04 Å². The van der Waals surface area contributed by atoms with Gasteiger partial charge in [-0.05, 0) is 12.8 Å². The van der Waals surface area contributed by atoms with E-state index in [4.69, 9.17) is 5.26 Å². The van der Waals surface area contributed by atoms with Crippen molar-refractivity contribution in [2.24, 2.45) is 0 Å². The standard InChI is InChI=1S/C8H12N2/c9-6-3-7-10-8-4-1-2-5-8/h3,7-8,10H,1-2,4-5H2/b7-3+. The van der Waals surface area contributed by atoms with Crippen LogP contribution < -0.4 is 5.32 Å². The van der Waals surface area contributed by atoms with Gasteiger partial charge < -0.3 is 5.32 Å². The maximum absolute atomic E-state index is 8.16. The molecule has 1 N–H and O–H groups in total. The molecule has 0 heterocycles. The Labute approximate surface area is 61.5 Å². The van der Waals surface area contributed by atoms with Crippen LogP contribution in [0, 0.1) is 11.3 Å². The largest absolute Gasteiger partial charge is 0.388 e. The van der Waals surface area contributed by atoms with Crippen molar-refractivity contribution in [3.63, 3.8) is 0 Å². The fraction of sp³-hybridized carbons (Fsp3) is 0.625. The molecule has 1 aliphatic carbocycles. The lowest BCUT2D eigenvalue weighted by molar-refractivity contribution is 0.608. The van der Waals surface area contributed by atoms with Gasteiger partial charge in [0.15, 0.2) is 0 Å². The monoisotopic (exact) mass is 136 g/mol. The van der Waals surface area contributed by atoms with E-state index in [0.29, 0.717) is 6.04 Å². The van der Waals surface area contributed by atoms with Gasteiger partial charge in [0.05, 0.1) is 6.07 Å². The van der Waals surface area contributed by atoms with Crippen molar-refractivity contribution in [1.29, 1.82) is 5.26 Å². The maximum Gasteiger partial charge on any atom is 0.0927 e. The second-order valence-corrected chi connectivity index (χ2v) is 2.61. The van der Waals surface area contributed by atoms with E-state index in [1.165, 1.54) is 31.8 Å². The van der Waals surface area contributed by atoms with Crippen LogP contribution in [0.5, 0.6) is 0 Å². The topological polar surface area (TPSA) is 35.8 Å². The fourth-order valence-corrected chi connectivity index (χ4v) is 1.31. The first-order chi connectivity index (χ1) is 4.93. The third kappa shape index (κ3) is 2.10. The molecule has 1 fully saturated rings. The molecular formula is C8H12N2. The van der Waals surface area contributed by atoms with Gasteiger partial charge in [-0.25, -0.2) is 0 Å². The van der Waals surface area contributed by atoms with Crippen molar-refractivity contribution >= 4 is 0 Å². The minimum Gasteiger partial charge on any atom is -0.388 e. The van der Waals surface area contributed by atoms with Gasteiger partial charge in [-0.15, -0.1) is 0 Å². The molecule has 0 aromatic carbocycles. The summed E-state index contributed by atoms with van der Waals surface area (Å²) in [5.41, 5.74) is 0. The molecule has 0 aromatic heterocycles. The number of rotatable bonds is 2. The Kier molecular flexibility index (Phi) is 2.82. The molecule has 0 spiro atoms. The molecule has 0 amide bonds. The summed E-state index contributed by atoms with van der Waals surface area (Å²) in [5.74, 6) is 0. The molecule has 0 aromatic rings. The van der Waals surface area contributed by atoms with Crippen LogP contribution >= 0.6 is 0 Å². The smallest absolute Gasteiger partial charge is 0.0927 e. The molecule has 0 saturated heterocycles. The molecule has 0 unspecified atom stereocenters. The zero-order valence-electron chi connectivity index (χ0n) is 6.01. The number of nitrogens with zero attached hydrogens (tertiary/aromatic N) is 1. The van der Waals surface area contributed by atoms with E-state index >= 15 is 0 Å². The first-order valence-electron chi connectivity index (χ1n) is 3.74. The SMILES string of the molecule is N#C/C=C/NC1CCCC1. The van der Waals surface area contributed by atoms with Gasteiger partial charge in [-0.1, -0.05) is 12.8 Å². The molecule has 2 heteroatoms. The van der Waals surface area contributed by atoms with Gasteiger partial charge in [0.25, 0.3) is 0 Å². The summed E-state index contributed by atoms with van der Waals surface area (Å²) in [5, 5.41) is 11.3. The molecule has 0 radical (unpaired) electrons. The van der Waals surface area contributed by atoms with Gasteiger partial charge >= 0.3 is 0 Å². The predicted molar refractivity (Wildman–Crippen MR) is 40.1 cm³/mol. The first-order valence-corrected chi connectivity index (χ1v) is 3.74. The van der Waals surface area contributed by atoms with Gasteiger partial charge in [-0.2, -0.15) is 5.26 Å². The highest BCUT2D eigenvalue weighted by molar-refractivity contribution is 5.01. The number of hydrogen-bond donors (Lipinski definition) is 1. The van der Waals surface area contributed by atoms with Crippen LogP contribution in [0.3, 0.4) is 0 Å². The summed E-state index contributed by atoms with van der Waals surface area (Å²) in [6.07, 6.45) is 8.41. The van der Waals surface area contributed by atoms with E-state index in [1.807, 2.05) is 6.07 Å². The van der Waals surface area contributed by atoms with Crippen molar-refractivity contribution in [2.75, 3.05) is 0 Å². The predicted octanol–water partition coefficient (Wildman–Crippen LogP) is 1.56. The normalized spacial score (nSPS) is 19.5. The molecule has 1 saturated carbocycles.